The van der Waals surface area contributed by atoms with E-state index in [1.165, 1.54) is 0 Å². The van der Waals surface area contributed by atoms with E-state index in [2.05, 4.69) is 32.8 Å². The van der Waals surface area contributed by atoms with Crippen LogP contribution in [0.15, 0.2) is 0 Å². The molecule has 0 amide bonds. The Morgan fingerprint density at radius 1 is 1.22 bits per heavy atom. The summed E-state index contributed by atoms with van der Waals surface area (Å²) in [7, 11) is 5.85. The first kappa shape index (κ1) is 8.92. The van der Waals surface area contributed by atoms with Gasteiger partial charge >= 0.3 is 0 Å². The van der Waals surface area contributed by atoms with Gasteiger partial charge in [-0.05, 0) is 27.9 Å². The molecule has 2 atom stereocenters. The zero-order chi connectivity index (χ0) is 7.44. The van der Waals surface area contributed by atoms with E-state index in [1.54, 1.807) is 7.11 Å². The van der Waals surface area contributed by atoms with Crippen LogP contribution in [0.3, 0.4) is 0 Å². The molecule has 2 nitrogen and oxygen atoms in total. The van der Waals surface area contributed by atoms with Crippen LogP contribution < -0.4 is 0 Å². The molecule has 0 aliphatic rings. The Morgan fingerprint density at radius 3 is 1.78 bits per heavy atom. The molecule has 56 valence electrons. The van der Waals surface area contributed by atoms with Crippen LogP contribution in [0.2, 0.25) is 0 Å². The lowest BCUT2D eigenvalue weighted by Crippen LogP contribution is -2.35. The predicted octanol–water partition coefficient (Wildman–Crippen LogP) is 0.971. The third-order valence-electron chi connectivity index (χ3n) is 1.87. The van der Waals surface area contributed by atoms with E-state index in [9.17, 15) is 0 Å². The number of ether oxygens (including phenoxy) is 1. The van der Waals surface area contributed by atoms with Crippen molar-refractivity contribution < 1.29 is 4.74 Å². The fourth-order valence-corrected chi connectivity index (χ4v) is 0.617. The van der Waals surface area contributed by atoms with E-state index >= 15 is 0 Å². The molecule has 0 aromatic carbocycles. The zero-order valence-corrected chi connectivity index (χ0v) is 7.01. The maximum Gasteiger partial charge on any atom is 0.0695 e. The SMILES string of the molecule is CO[C@@H](C)[C@H](C)N(C)C. The highest BCUT2D eigenvalue weighted by atomic mass is 16.5. The average Bonchev–Trinajstić information content (AvgIpc) is 1.84. The molecule has 0 saturated carbocycles. The first-order valence-electron chi connectivity index (χ1n) is 3.28. The predicted molar refractivity (Wildman–Crippen MR) is 39.6 cm³/mol. The van der Waals surface area contributed by atoms with Gasteiger partial charge in [0.2, 0.25) is 0 Å². The van der Waals surface area contributed by atoms with Crippen molar-refractivity contribution in [3.8, 4) is 0 Å². The standard InChI is InChI=1S/C7H17NO/c1-6(8(3)4)7(2)9-5/h6-7H,1-5H3/t6-,7-/m0/s1. The van der Waals surface area contributed by atoms with Gasteiger partial charge in [-0.25, -0.2) is 0 Å². The third kappa shape index (κ3) is 2.82. The normalized spacial score (nSPS) is 18.0. The summed E-state index contributed by atoms with van der Waals surface area (Å²) in [6.45, 7) is 4.22. The number of hydrogen-bond donors (Lipinski definition) is 0. The highest BCUT2D eigenvalue weighted by Crippen LogP contribution is 2.00. The van der Waals surface area contributed by atoms with Crippen LogP contribution in [0.1, 0.15) is 13.8 Å². The summed E-state index contributed by atoms with van der Waals surface area (Å²) < 4.78 is 5.13. The van der Waals surface area contributed by atoms with Crippen molar-refractivity contribution in [1.82, 2.24) is 4.90 Å². The summed E-state index contributed by atoms with van der Waals surface area (Å²) >= 11 is 0. The van der Waals surface area contributed by atoms with Gasteiger partial charge in [-0.15, -0.1) is 0 Å². The van der Waals surface area contributed by atoms with Crippen LogP contribution in [-0.4, -0.2) is 38.3 Å². The van der Waals surface area contributed by atoms with Gasteiger partial charge in [-0.2, -0.15) is 0 Å². The van der Waals surface area contributed by atoms with Crippen molar-refractivity contribution >= 4 is 0 Å². The smallest absolute Gasteiger partial charge is 0.0695 e. The molecule has 0 aromatic rings. The molecule has 0 saturated heterocycles. The summed E-state index contributed by atoms with van der Waals surface area (Å²) in [5, 5.41) is 0. The molecule has 0 aromatic heterocycles. The first-order valence-corrected chi connectivity index (χ1v) is 3.28. The molecule has 0 radical (unpaired) electrons. The molecule has 0 heterocycles. The molecule has 0 rings (SSSR count). The van der Waals surface area contributed by atoms with E-state index in [-0.39, 0.29) is 0 Å². The van der Waals surface area contributed by atoms with Gasteiger partial charge in [0.1, 0.15) is 0 Å². The number of hydrogen-bond acceptors (Lipinski definition) is 2. The van der Waals surface area contributed by atoms with Gasteiger partial charge in [-0.3, -0.25) is 0 Å². The van der Waals surface area contributed by atoms with Crippen molar-refractivity contribution in [3.05, 3.63) is 0 Å². The minimum Gasteiger partial charge on any atom is -0.380 e. The third-order valence-corrected chi connectivity index (χ3v) is 1.87. The molecule has 0 spiro atoms. The van der Waals surface area contributed by atoms with Gasteiger partial charge in [-0.1, -0.05) is 0 Å². The molecule has 0 aliphatic carbocycles. The minimum atomic E-state index is 0.319. The summed E-state index contributed by atoms with van der Waals surface area (Å²) in [6, 6.07) is 0.495. The maximum absolute atomic E-state index is 5.13. The Kier molecular flexibility index (Phi) is 3.82. The van der Waals surface area contributed by atoms with Gasteiger partial charge in [0, 0.05) is 13.2 Å². The lowest BCUT2D eigenvalue weighted by Gasteiger charge is -2.24. The summed E-state index contributed by atoms with van der Waals surface area (Å²) in [6.07, 6.45) is 0.319. The van der Waals surface area contributed by atoms with Gasteiger partial charge in [0.05, 0.1) is 6.10 Å². The lowest BCUT2D eigenvalue weighted by molar-refractivity contribution is 0.0533. The fraction of sp³-hybridized carbons (Fsp3) is 1.00. The van der Waals surface area contributed by atoms with Gasteiger partial charge in [0.25, 0.3) is 0 Å². The van der Waals surface area contributed by atoms with E-state index in [1.807, 2.05) is 0 Å². The van der Waals surface area contributed by atoms with Crippen molar-refractivity contribution in [2.75, 3.05) is 21.2 Å². The van der Waals surface area contributed by atoms with Gasteiger partial charge < -0.3 is 9.64 Å². The lowest BCUT2D eigenvalue weighted by atomic mass is 10.2. The Morgan fingerprint density at radius 2 is 1.67 bits per heavy atom. The van der Waals surface area contributed by atoms with E-state index < -0.39 is 0 Å². The van der Waals surface area contributed by atoms with E-state index in [0.29, 0.717) is 12.1 Å². The summed E-state index contributed by atoms with van der Waals surface area (Å²) in [5.41, 5.74) is 0. The summed E-state index contributed by atoms with van der Waals surface area (Å²) in [4.78, 5) is 2.15. The highest BCUT2D eigenvalue weighted by Gasteiger charge is 2.11. The Bertz CT molecular complexity index is 73.3. The second kappa shape index (κ2) is 3.85. The Labute approximate surface area is 57.8 Å². The molecule has 0 bridgehead atoms. The molecule has 0 fully saturated rings. The molecule has 2 heteroatoms. The highest BCUT2D eigenvalue weighted by molar-refractivity contribution is 4.66. The number of likely N-dealkylation sites (N-methyl/N-ethyl adjacent to an activating group) is 1. The van der Waals surface area contributed by atoms with Crippen LogP contribution >= 0.6 is 0 Å². The van der Waals surface area contributed by atoms with E-state index in [0.717, 1.165) is 0 Å². The van der Waals surface area contributed by atoms with Crippen LogP contribution in [0.25, 0.3) is 0 Å². The van der Waals surface area contributed by atoms with Crippen LogP contribution in [-0.2, 0) is 4.74 Å². The van der Waals surface area contributed by atoms with E-state index in [4.69, 9.17) is 4.74 Å². The second-order valence-electron chi connectivity index (χ2n) is 2.65. The van der Waals surface area contributed by atoms with Crippen molar-refractivity contribution in [2.45, 2.75) is 26.0 Å². The van der Waals surface area contributed by atoms with Crippen molar-refractivity contribution in [1.29, 1.82) is 0 Å². The zero-order valence-electron chi connectivity index (χ0n) is 7.01. The molecule has 0 N–H and O–H groups in total. The second-order valence-corrected chi connectivity index (χ2v) is 2.65. The molecule has 0 unspecified atom stereocenters. The monoisotopic (exact) mass is 131 g/mol. The Balaban J connectivity index is 3.58. The molecular weight excluding hydrogens is 114 g/mol. The topological polar surface area (TPSA) is 12.5 Å². The Hall–Kier alpha value is -0.0800. The molecule has 0 aliphatic heterocycles. The number of methoxy groups -OCH3 is 1. The van der Waals surface area contributed by atoms with Crippen LogP contribution in [0.4, 0.5) is 0 Å². The van der Waals surface area contributed by atoms with Gasteiger partial charge in [0.15, 0.2) is 0 Å². The minimum absolute atomic E-state index is 0.319. The van der Waals surface area contributed by atoms with Crippen molar-refractivity contribution in [3.63, 3.8) is 0 Å². The number of nitrogens with zero attached hydrogens (tertiary/aromatic N) is 1. The molecular formula is C7H17NO. The van der Waals surface area contributed by atoms with Crippen molar-refractivity contribution in [2.24, 2.45) is 0 Å². The fourth-order valence-electron chi connectivity index (χ4n) is 0.617. The largest absolute Gasteiger partial charge is 0.380 e. The average molecular weight is 131 g/mol. The quantitative estimate of drug-likeness (QED) is 0.566. The first-order chi connectivity index (χ1) is 4.09. The molecule has 9 heavy (non-hydrogen) atoms. The maximum atomic E-state index is 5.13. The van der Waals surface area contributed by atoms with Crippen LogP contribution in [0.5, 0.6) is 0 Å². The van der Waals surface area contributed by atoms with Crippen LogP contribution in [0, 0.1) is 0 Å². The number of rotatable bonds is 3. The summed E-state index contributed by atoms with van der Waals surface area (Å²) in [5.74, 6) is 0.